The number of aromatic nitrogens is 4. The normalized spacial score (nSPS) is 14.1. The predicted molar refractivity (Wildman–Crippen MR) is 109 cm³/mol. The van der Waals surface area contributed by atoms with E-state index in [1.165, 1.54) is 19.0 Å². The molecule has 27 heavy (non-hydrogen) atoms. The van der Waals surface area contributed by atoms with E-state index in [9.17, 15) is 8.42 Å². The molecule has 0 amide bonds. The molecule has 2 heterocycles. The van der Waals surface area contributed by atoms with Crippen molar-refractivity contribution >= 4 is 38.9 Å². The van der Waals surface area contributed by atoms with Crippen LogP contribution in [0.25, 0.3) is 11.4 Å². The first-order valence-electron chi connectivity index (χ1n) is 8.30. The van der Waals surface area contributed by atoms with E-state index in [0.29, 0.717) is 39.7 Å². The van der Waals surface area contributed by atoms with E-state index in [1.807, 2.05) is 6.07 Å². The second kappa shape index (κ2) is 6.82. The molecular weight excluding hydrogens is 388 g/mol. The molecule has 0 bridgehead atoms. The maximum Gasteiger partial charge on any atom is 0.229 e. The van der Waals surface area contributed by atoms with Crippen molar-refractivity contribution in [1.82, 2.24) is 20.2 Å². The maximum atomic E-state index is 11.4. The molecule has 1 fully saturated rings. The summed E-state index contributed by atoms with van der Waals surface area (Å²) in [6, 6.07) is 8.78. The Morgan fingerprint density at radius 1 is 1.30 bits per heavy atom. The standard InChI is InChI=1S/C17H17ClN6O2S.2H2/c1-27(25,26)24-12-4-2-3-11(7-12)16-19-9-13(18)17(21-16)20-15-8-14(22-23-15)10-5-6-10;;/h2-4,7-10,24H,5-6H2,1H3,(H2,19,20,21,22,23);2*1H. The minimum atomic E-state index is -3.37. The van der Waals surface area contributed by atoms with Crippen LogP contribution in [0.5, 0.6) is 0 Å². The van der Waals surface area contributed by atoms with Gasteiger partial charge in [0, 0.05) is 31.8 Å². The third-order valence-corrected chi connectivity index (χ3v) is 4.91. The highest BCUT2D eigenvalue weighted by atomic mass is 35.5. The maximum absolute atomic E-state index is 11.4. The van der Waals surface area contributed by atoms with Crippen LogP contribution in [0.4, 0.5) is 17.3 Å². The summed E-state index contributed by atoms with van der Waals surface area (Å²) in [4.78, 5) is 8.70. The van der Waals surface area contributed by atoms with Gasteiger partial charge >= 0.3 is 0 Å². The SMILES string of the molecule is CS(=O)(=O)Nc1cccc(-c2ncc(Cl)c(Nc3cc(C4CC4)[nH]n3)n2)c1.[HH].[HH]. The number of benzene rings is 1. The fraction of sp³-hybridized carbons (Fsp3) is 0.235. The van der Waals surface area contributed by atoms with Gasteiger partial charge < -0.3 is 5.32 Å². The number of sulfonamides is 1. The predicted octanol–water partition coefficient (Wildman–Crippen LogP) is 4.00. The van der Waals surface area contributed by atoms with Crippen LogP contribution in [0.15, 0.2) is 36.5 Å². The third kappa shape index (κ3) is 4.37. The van der Waals surface area contributed by atoms with Crippen LogP contribution in [0.1, 0.15) is 27.3 Å². The van der Waals surface area contributed by atoms with Crippen molar-refractivity contribution in [3.8, 4) is 11.4 Å². The Labute approximate surface area is 164 Å². The topological polar surface area (TPSA) is 113 Å². The van der Waals surface area contributed by atoms with Crippen molar-refractivity contribution in [1.29, 1.82) is 0 Å². The Kier molecular flexibility index (Phi) is 4.48. The molecule has 8 nitrogen and oxygen atoms in total. The minimum absolute atomic E-state index is 0. The molecule has 1 saturated carbocycles. The summed E-state index contributed by atoms with van der Waals surface area (Å²) in [5.74, 6) is 2.04. The summed E-state index contributed by atoms with van der Waals surface area (Å²) in [5.41, 5.74) is 2.19. The monoisotopic (exact) mass is 408 g/mol. The van der Waals surface area contributed by atoms with Crippen molar-refractivity contribution in [2.75, 3.05) is 16.3 Å². The van der Waals surface area contributed by atoms with Crippen LogP contribution < -0.4 is 10.0 Å². The molecule has 10 heteroatoms. The van der Waals surface area contributed by atoms with Gasteiger partial charge in [-0.1, -0.05) is 23.7 Å². The zero-order valence-electron chi connectivity index (χ0n) is 14.4. The summed E-state index contributed by atoms with van der Waals surface area (Å²) in [6.07, 6.45) is 4.95. The van der Waals surface area contributed by atoms with Crippen molar-refractivity contribution < 1.29 is 11.3 Å². The Hall–Kier alpha value is -2.65. The Balaban J connectivity index is 0.00000150. The smallest absolute Gasteiger partial charge is 0.229 e. The van der Waals surface area contributed by atoms with Crippen LogP contribution in [0.2, 0.25) is 5.02 Å². The number of aromatic amines is 1. The number of nitrogens with zero attached hydrogens (tertiary/aromatic N) is 3. The highest BCUT2D eigenvalue weighted by Gasteiger charge is 2.25. The number of nitrogens with one attached hydrogen (secondary N) is 3. The Bertz CT molecular complexity index is 1100. The zero-order chi connectivity index (χ0) is 19.0. The van der Waals surface area contributed by atoms with Crippen molar-refractivity contribution in [2.45, 2.75) is 18.8 Å². The van der Waals surface area contributed by atoms with Gasteiger partial charge in [0.05, 0.1) is 12.5 Å². The average Bonchev–Trinajstić information content (AvgIpc) is 3.35. The van der Waals surface area contributed by atoms with Gasteiger partial charge in [-0.15, -0.1) is 0 Å². The van der Waals surface area contributed by atoms with Crippen molar-refractivity contribution in [3.05, 3.63) is 47.2 Å². The van der Waals surface area contributed by atoms with Crippen molar-refractivity contribution in [3.63, 3.8) is 0 Å². The van der Waals surface area contributed by atoms with Gasteiger partial charge in [0.25, 0.3) is 0 Å². The molecule has 1 aliphatic rings. The molecule has 1 aliphatic carbocycles. The van der Waals surface area contributed by atoms with Gasteiger partial charge in [0.2, 0.25) is 10.0 Å². The number of halogens is 1. The number of rotatable bonds is 6. The highest BCUT2D eigenvalue weighted by Crippen LogP contribution is 2.39. The molecule has 144 valence electrons. The molecule has 3 aromatic rings. The fourth-order valence-corrected chi connectivity index (χ4v) is 3.35. The molecule has 2 aromatic heterocycles. The van der Waals surface area contributed by atoms with E-state index in [4.69, 9.17) is 11.6 Å². The highest BCUT2D eigenvalue weighted by molar-refractivity contribution is 7.92. The summed E-state index contributed by atoms with van der Waals surface area (Å²) in [6.45, 7) is 0. The lowest BCUT2D eigenvalue weighted by molar-refractivity contribution is 0.607. The first-order valence-corrected chi connectivity index (χ1v) is 10.6. The number of hydrogen-bond donors (Lipinski definition) is 3. The second-order valence-corrected chi connectivity index (χ2v) is 8.61. The molecule has 0 atom stereocenters. The largest absolute Gasteiger partial charge is 0.322 e. The summed E-state index contributed by atoms with van der Waals surface area (Å²) < 4.78 is 25.3. The van der Waals surface area contributed by atoms with Crippen LogP contribution in [0, 0.1) is 0 Å². The summed E-state index contributed by atoms with van der Waals surface area (Å²) in [7, 11) is -3.37. The lowest BCUT2D eigenvalue weighted by Crippen LogP contribution is -2.09. The van der Waals surface area contributed by atoms with E-state index in [-0.39, 0.29) is 2.85 Å². The van der Waals surface area contributed by atoms with E-state index < -0.39 is 10.0 Å². The van der Waals surface area contributed by atoms with E-state index >= 15 is 0 Å². The van der Waals surface area contributed by atoms with Crippen LogP contribution in [0.3, 0.4) is 0 Å². The molecule has 0 saturated heterocycles. The van der Waals surface area contributed by atoms with Gasteiger partial charge in [-0.05, 0) is 25.0 Å². The zero-order valence-corrected chi connectivity index (χ0v) is 16.0. The van der Waals surface area contributed by atoms with Gasteiger partial charge in [-0.25, -0.2) is 18.4 Å². The van der Waals surface area contributed by atoms with Crippen LogP contribution in [-0.2, 0) is 10.0 Å². The third-order valence-electron chi connectivity index (χ3n) is 4.03. The van der Waals surface area contributed by atoms with Gasteiger partial charge in [-0.3, -0.25) is 9.82 Å². The molecule has 0 unspecified atom stereocenters. The van der Waals surface area contributed by atoms with Gasteiger partial charge in [0.15, 0.2) is 17.5 Å². The summed E-state index contributed by atoms with van der Waals surface area (Å²) in [5, 5.41) is 10.7. The van der Waals surface area contributed by atoms with E-state index in [2.05, 4.69) is 30.2 Å². The molecule has 3 N–H and O–H groups in total. The van der Waals surface area contributed by atoms with E-state index in [0.717, 1.165) is 11.9 Å². The van der Waals surface area contributed by atoms with Crippen molar-refractivity contribution in [2.24, 2.45) is 0 Å². The van der Waals surface area contributed by atoms with Gasteiger partial charge in [0.1, 0.15) is 5.02 Å². The lowest BCUT2D eigenvalue weighted by atomic mass is 10.2. The lowest BCUT2D eigenvalue weighted by Gasteiger charge is -2.09. The molecule has 4 rings (SSSR count). The second-order valence-electron chi connectivity index (χ2n) is 6.45. The Morgan fingerprint density at radius 3 is 2.85 bits per heavy atom. The first kappa shape index (κ1) is 17.7. The fourth-order valence-electron chi connectivity index (χ4n) is 2.66. The first-order chi connectivity index (χ1) is 12.9. The van der Waals surface area contributed by atoms with Gasteiger partial charge in [-0.2, -0.15) is 5.10 Å². The molecular formula is C17H21ClN6O2S. The number of H-pyrrole nitrogens is 1. The molecule has 0 aliphatic heterocycles. The van der Waals surface area contributed by atoms with E-state index in [1.54, 1.807) is 24.3 Å². The number of hydrogen-bond acceptors (Lipinski definition) is 6. The summed E-state index contributed by atoms with van der Waals surface area (Å²) >= 11 is 6.22. The van der Waals surface area contributed by atoms with Crippen LogP contribution >= 0.6 is 11.6 Å². The molecule has 0 radical (unpaired) electrons. The molecule has 1 aromatic carbocycles. The quantitative estimate of drug-likeness (QED) is 0.568. The molecule has 0 spiro atoms. The minimum Gasteiger partial charge on any atom is -0.322 e. The van der Waals surface area contributed by atoms with Crippen LogP contribution in [-0.4, -0.2) is 34.8 Å². The number of anilines is 3. The Morgan fingerprint density at radius 2 is 2.11 bits per heavy atom. The average molecular weight is 409 g/mol.